The van der Waals surface area contributed by atoms with Gasteiger partial charge in [-0.05, 0) is 42.4 Å². The standard InChI is InChI=1S/C23H25F3N4O2/c24-23(25,26)18-10-19(13-28-12-18)30-8-7-22(14-30,11-20(27)31)29-21(32)9-15-1-3-16(4-2-15)17-5-6-17/h1-4,10,12-13,17H,5-9,11,14H2,(H2,27,31)(H,29,32). The highest BCUT2D eigenvalue weighted by Crippen LogP contribution is 2.40. The Hall–Kier alpha value is -3.10. The van der Waals surface area contributed by atoms with Crippen LogP contribution in [0.2, 0.25) is 0 Å². The van der Waals surface area contributed by atoms with Crippen LogP contribution in [0.3, 0.4) is 0 Å². The molecule has 3 N–H and O–H groups in total. The monoisotopic (exact) mass is 446 g/mol. The summed E-state index contributed by atoms with van der Waals surface area (Å²) in [5, 5.41) is 2.94. The molecule has 4 rings (SSSR count). The van der Waals surface area contributed by atoms with E-state index in [0.29, 0.717) is 18.9 Å². The number of aromatic nitrogens is 1. The minimum absolute atomic E-state index is 0.0950. The molecule has 1 aromatic carbocycles. The average molecular weight is 446 g/mol. The van der Waals surface area contributed by atoms with Gasteiger partial charge >= 0.3 is 6.18 Å². The highest BCUT2D eigenvalue weighted by Gasteiger charge is 2.41. The summed E-state index contributed by atoms with van der Waals surface area (Å²) in [6.07, 6.45) is 0.458. The van der Waals surface area contributed by atoms with Crippen LogP contribution in [0.5, 0.6) is 0 Å². The molecule has 1 aliphatic heterocycles. The average Bonchev–Trinajstić information content (AvgIpc) is 3.49. The first-order chi connectivity index (χ1) is 15.1. The Morgan fingerprint density at radius 3 is 2.53 bits per heavy atom. The number of hydrogen-bond acceptors (Lipinski definition) is 4. The molecule has 2 aromatic rings. The quantitative estimate of drug-likeness (QED) is 0.684. The van der Waals surface area contributed by atoms with Crippen molar-refractivity contribution in [3.05, 3.63) is 59.4 Å². The van der Waals surface area contributed by atoms with Crippen LogP contribution < -0.4 is 16.0 Å². The summed E-state index contributed by atoms with van der Waals surface area (Å²) >= 11 is 0. The number of rotatable bonds is 7. The van der Waals surface area contributed by atoms with E-state index in [9.17, 15) is 22.8 Å². The molecule has 2 fully saturated rings. The number of pyridine rings is 1. The lowest BCUT2D eigenvalue weighted by molar-refractivity contribution is -0.137. The molecule has 0 bridgehead atoms. The zero-order valence-corrected chi connectivity index (χ0v) is 17.5. The van der Waals surface area contributed by atoms with Crippen LogP contribution in [0.25, 0.3) is 0 Å². The van der Waals surface area contributed by atoms with E-state index < -0.39 is 23.2 Å². The number of anilines is 1. The summed E-state index contributed by atoms with van der Waals surface area (Å²) < 4.78 is 39.2. The van der Waals surface area contributed by atoms with Gasteiger partial charge in [0, 0.05) is 19.3 Å². The SMILES string of the molecule is NC(=O)CC1(NC(=O)Cc2ccc(C3CC3)cc2)CCN(c2cncc(C(F)(F)F)c2)C1. The number of alkyl halides is 3. The fourth-order valence-electron chi connectivity index (χ4n) is 4.32. The summed E-state index contributed by atoms with van der Waals surface area (Å²) in [4.78, 5) is 29.9. The van der Waals surface area contributed by atoms with Crippen LogP contribution in [-0.2, 0) is 22.2 Å². The topological polar surface area (TPSA) is 88.3 Å². The Bertz CT molecular complexity index is 1010. The first-order valence-corrected chi connectivity index (χ1v) is 10.6. The molecule has 0 radical (unpaired) electrons. The number of hydrogen-bond donors (Lipinski definition) is 2. The summed E-state index contributed by atoms with van der Waals surface area (Å²) in [7, 11) is 0. The van der Waals surface area contributed by atoms with Gasteiger partial charge in [0.1, 0.15) is 0 Å². The Morgan fingerprint density at radius 2 is 1.91 bits per heavy atom. The van der Waals surface area contributed by atoms with E-state index in [1.165, 1.54) is 24.6 Å². The third kappa shape index (κ3) is 5.20. The number of carbonyl (C=O) groups is 2. The van der Waals surface area contributed by atoms with Crippen molar-refractivity contribution in [1.82, 2.24) is 10.3 Å². The van der Waals surface area contributed by atoms with Crippen molar-refractivity contribution in [3.8, 4) is 0 Å². The Labute approximate surface area is 184 Å². The number of amides is 2. The number of halogens is 3. The molecule has 32 heavy (non-hydrogen) atoms. The largest absolute Gasteiger partial charge is 0.417 e. The number of benzene rings is 1. The lowest BCUT2D eigenvalue weighted by atomic mass is 9.93. The second-order valence-electron chi connectivity index (χ2n) is 8.77. The maximum Gasteiger partial charge on any atom is 0.417 e. The van der Waals surface area contributed by atoms with Crippen molar-refractivity contribution in [2.75, 3.05) is 18.0 Å². The van der Waals surface area contributed by atoms with Gasteiger partial charge in [0.2, 0.25) is 11.8 Å². The van der Waals surface area contributed by atoms with Gasteiger partial charge < -0.3 is 16.0 Å². The van der Waals surface area contributed by atoms with E-state index in [1.54, 1.807) is 4.90 Å². The molecule has 2 amide bonds. The highest BCUT2D eigenvalue weighted by molar-refractivity contribution is 5.82. The van der Waals surface area contributed by atoms with Gasteiger partial charge in [-0.1, -0.05) is 24.3 Å². The molecule has 1 aromatic heterocycles. The fourth-order valence-corrected chi connectivity index (χ4v) is 4.32. The maximum atomic E-state index is 13.1. The van der Waals surface area contributed by atoms with Gasteiger partial charge in [-0.25, -0.2) is 0 Å². The molecule has 1 unspecified atom stereocenters. The zero-order valence-electron chi connectivity index (χ0n) is 17.5. The molecular formula is C23H25F3N4O2. The van der Waals surface area contributed by atoms with E-state index >= 15 is 0 Å². The van der Waals surface area contributed by atoms with Gasteiger partial charge in [-0.15, -0.1) is 0 Å². The predicted octanol–water partition coefficient (Wildman–Crippen LogP) is 3.16. The number of carbonyl (C=O) groups excluding carboxylic acids is 2. The smallest absolute Gasteiger partial charge is 0.370 e. The number of nitrogens with two attached hydrogens (primary N) is 1. The second kappa shape index (κ2) is 8.44. The van der Waals surface area contributed by atoms with Gasteiger partial charge in [0.25, 0.3) is 0 Å². The number of nitrogens with one attached hydrogen (secondary N) is 1. The van der Waals surface area contributed by atoms with E-state index in [4.69, 9.17) is 5.73 Å². The first-order valence-electron chi connectivity index (χ1n) is 10.6. The van der Waals surface area contributed by atoms with E-state index in [-0.39, 0.29) is 31.0 Å². The molecule has 1 atom stereocenters. The van der Waals surface area contributed by atoms with Crippen molar-refractivity contribution < 1.29 is 22.8 Å². The normalized spacial score (nSPS) is 20.9. The molecule has 9 heteroatoms. The van der Waals surface area contributed by atoms with Crippen LogP contribution in [0, 0.1) is 0 Å². The van der Waals surface area contributed by atoms with E-state index in [0.717, 1.165) is 17.8 Å². The summed E-state index contributed by atoms with van der Waals surface area (Å²) in [5.74, 6) is -0.205. The number of nitrogens with zero attached hydrogens (tertiary/aromatic N) is 2. The molecule has 0 spiro atoms. The summed E-state index contributed by atoms with van der Waals surface area (Å²) in [5.41, 5.74) is 6.07. The minimum Gasteiger partial charge on any atom is -0.370 e. The molecule has 6 nitrogen and oxygen atoms in total. The molecule has 170 valence electrons. The Morgan fingerprint density at radius 1 is 1.19 bits per heavy atom. The lowest BCUT2D eigenvalue weighted by Crippen LogP contribution is -2.53. The third-order valence-corrected chi connectivity index (χ3v) is 6.08. The van der Waals surface area contributed by atoms with Crippen LogP contribution in [0.4, 0.5) is 18.9 Å². The molecule has 1 aliphatic carbocycles. The van der Waals surface area contributed by atoms with Gasteiger partial charge in [0.05, 0.1) is 35.8 Å². The van der Waals surface area contributed by atoms with Gasteiger partial charge in [-0.3, -0.25) is 14.6 Å². The van der Waals surface area contributed by atoms with Crippen molar-refractivity contribution in [1.29, 1.82) is 0 Å². The van der Waals surface area contributed by atoms with E-state index in [1.807, 2.05) is 24.3 Å². The Kier molecular flexibility index (Phi) is 5.83. The molecule has 1 saturated carbocycles. The first kappa shape index (κ1) is 22.1. The van der Waals surface area contributed by atoms with Crippen molar-refractivity contribution in [3.63, 3.8) is 0 Å². The van der Waals surface area contributed by atoms with Gasteiger partial charge in [-0.2, -0.15) is 13.2 Å². The maximum absolute atomic E-state index is 13.1. The fraction of sp³-hybridized carbons (Fsp3) is 0.435. The second-order valence-corrected chi connectivity index (χ2v) is 8.77. The van der Waals surface area contributed by atoms with Crippen molar-refractivity contribution in [2.24, 2.45) is 5.73 Å². The Balaban J connectivity index is 1.45. The van der Waals surface area contributed by atoms with Gasteiger partial charge in [0.15, 0.2) is 0 Å². The summed E-state index contributed by atoms with van der Waals surface area (Å²) in [6, 6.07) is 8.97. The number of primary amides is 1. The van der Waals surface area contributed by atoms with Crippen LogP contribution in [-0.4, -0.2) is 35.4 Å². The lowest BCUT2D eigenvalue weighted by Gasteiger charge is -2.30. The van der Waals surface area contributed by atoms with Crippen molar-refractivity contribution >= 4 is 17.5 Å². The van der Waals surface area contributed by atoms with E-state index in [2.05, 4.69) is 10.3 Å². The third-order valence-electron chi connectivity index (χ3n) is 6.08. The van der Waals surface area contributed by atoms with Crippen molar-refractivity contribution in [2.45, 2.75) is 49.7 Å². The molecular weight excluding hydrogens is 421 g/mol. The minimum atomic E-state index is -4.50. The highest BCUT2D eigenvalue weighted by atomic mass is 19.4. The molecule has 2 aliphatic rings. The van der Waals surface area contributed by atoms with Crippen LogP contribution in [0.15, 0.2) is 42.7 Å². The van der Waals surface area contributed by atoms with Crippen LogP contribution in [0.1, 0.15) is 48.3 Å². The summed E-state index contributed by atoms with van der Waals surface area (Å²) in [6.45, 7) is 0.540. The molecule has 1 saturated heterocycles. The molecule has 2 heterocycles. The zero-order chi connectivity index (χ0) is 22.9. The van der Waals surface area contributed by atoms with Crippen LogP contribution >= 0.6 is 0 Å². The predicted molar refractivity (Wildman–Crippen MR) is 113 cm³/mol.